The second-order valence-corrected chi connectivity index (χ2v) is 9.82. The number of amides is 1. The summed E-state index contributed by atoms with van der Waals surface area (Å²) in [7, 11) is -2.23. The van der Waals surface area contributed by atoms with E-state index in [9.17, 15) is 30.8 Å². The summed E-state index contributed by atoms with van der Waals surface area (Å²) in [6, 6.07) is 13.0. The predicted molar refractivity (Wildman–Crippen MR) is 137 cm³/mol. The van der Waals surface area contributed by atoms with E-state index < -0.39 is 33.6 Å². The van der Waals surface area contributed by atoms with Gasteiger partial charge in [-0.25, -0.2) is 17.8 Å². The number of para-hydroxylation sites is 1. The Morgan fingerprint density at radius 1 is 1.16 bits per heavy atom. The molecule has 0 unspecified atom stereocenters. The lowest BCUT2D eigenvalue weighted by atomic mass is 10.1. The Kier molecular flexibility index (Phi) is 8.42. The van der Waals surface area contributed by atoms with Crippen LogP contribution in [0.4, 0.5) is 34.8 Å². The number of pyridine rings is 1. The maximum absolute atomic E-state index is 14.5. The summed E-state index contributed by atoms with van der Waals surface area (Å²) >= 11 is 0. The van der Waals surface area contributed by atoms with E-state index in [1.165, 1.54) is 23.1 Å². The summed E-state index contributed by atoms with van der Waals surface area (Å²) in [6.07, 6.45) is 3.96. The molecule has 1 heterocycles. The number of nitrogens with one attached hydrogen (secondary N) is 2. The first-order chi connectivity index (χ1) is 17.8. The maximum atomic E-state index is 14.5. The number of alkyl halides is 3. The Hall–Kier alpha value is -4.37. The molecule has 0 saturated carbocycles. The molecule has 2 N–H and O–H groups in total. The normalized spacial score (nSPS) is 11.7. The number of carbonyl (C=O) groups is 1. The van der Waals surface area contributed by atoms with Gasteiger partial charge in [0, 0.05) is 30.9 Å². The Labute approximate surface area is 217 Å². The minimum absolute atomic E-state index is 0.0234. The topological polar surface area (TPSA) is 91.4 Å². The van der Waals surface area contributed by atoms with Crippen molar-refractivity contribution in [3.63, 3.8) is 0 Å². The Balaban J connectivity index is 1.81. The minimum Gasteiger partial charge on any atom is -0.348 e. The van der Waals surface area contributed by atoms with Crippen molar-refractivity contribution < 1.29 is 30.8 Å². The molecule has 3 aromatic rings. The van der Waals surface area contributed by atoms with Gasteiger partial charge in [-0.15, -0.1) is 6.42 Å². The van der Waals surface area contributed by atoms with E-state index in [0.29, 0.717) is 5.69 Å². The fourth-order valence-corrected chi connectivity index (χ4v) is 3.95. The van der Waals surface area contributed by atoms with Crippen molar-refractivity contribution in [2.45, 2.75) is 12.7 Å². The zero-order valence-electron chi connectivity index (χ0n) is 20.2. The van der Waals surface area contributed by atoms with Crippen LogP contribution in [0.3, 0.4) is 0 Å². The third kappa shape index (κ3) is 7.33. The highest BCUT2D eigenvalue weighted by atomic mass is 32.2. The van der Waals surface area contributed by atoms with Crippen molar-refractivity contribution in [1.82, 2.24) is 10.3 Å². The third-order valence-corrected chi connectivity index (χ3v) is 5.71. The Morgan fingerprint density at radius 2 is 1.84 bits per heavy atom. The molecule has 0 aliphatic carbocycles. The molecule has 0 atom stereocenters. The molecule has 2 aromatic carbocycles. The molecule has 38 heavy (non-hydrogen) atoms. The van der Waals surface area contributed by atoms with E-state index >= 15 is 0 Å². The van der Waals surface area contributed by atoms with Gasteiger partial charge in [-0.3, -0.25) is 9.52 Å². The zero-order valence-corrected chi connectivity index (χ0v) is 21.0. The highest BCUT2D eigenvalue weighted by molar-refractivity contribution is 7.92. The largest absolute Gasteiger partial charge is 0.433 e. The molecule has 0 fully saturated rings. The van der Waals surface area contributed by atoms with Crippen molar-refractivity contribution in [1.29, 1.82) is 0 Å². The average molecular weight is 547 g/mol. The van der Waals surface area contributed by atoms with Crippen molar-refractivity contribution >= 4 is 39.2 Å². The fourth-order valence-electron chi connectivity index (χ4n) is 3.37. The molecule has 0 aliphatic rings. The number of terminal acetylenes is 1. The summed E-state index contributed by atoms with van der Waals surface area (Å²) in [5.41, 5.74) is -0.432. The van der Waals surface area contributed by atoms with E-state index in [-0.39, 0.29) is 34.7 Å². The van der Waals surface area contributed by atoms with Crippen LogP contribution in [0, 0.1) is 18.2 Å². The lowest BCUT2D eigenvalue weighted by Crippen LogP contribution is -2.21. The van der Waals surface area contributed by atoms with Crippen LogP contribution in [0.5, 0.6) is 0 Å². The second kappa shape index (κ2) is 11.4. The number of benzene rings is 2. The molecule has 1 amide bonds. The van der Waals surface area contributed by atoms with Gasteiger partial charge < -0.3 is 10.2 Å². The van der Waals surface area contributed by atoms with E-state index in [1.807, 2.05) is 4.72 Å². The van der Waals surface area contributed by atoms with Gasteiger partial charge in [0.05, 0.1) is 17.5 Å². The number of carbonyl (C=O) groups excluding carboxylic acids is 1. The Bertz CT molecular complexity index is 1520. The van der Waals surface area contributed by atoms with E-state index in [4.69, 9.17) is 6.42 Å². The van der Waals surface area contributed by atoms with Crippen LogP contribution in [0.2, 0.25) is 0 Å². The third-order valence-electron chi connectivity index (χ3n) is 5.13. The molecule has 12 heteroatoms. The van der Waals surface area contributed by atoms with Crippen molar-refractivity contribution in [2.24, 2.45) is 0 Å². The van der Waals surface area contributed by atoms with Crippen molar-refractivity contribution in [2.75, 3.05) is 22.9 Å². The molecule has 0 aliphatic heterocycles. The Morgan fingerprint density at radius 3 is 2.45 bits per heavy atom. The van der Waals surface area contributed by atoms with Crippen molar-refractivity contribution in [3.05, 3.63) is 88.9 Å². The second-order valence-electron chi connectivity index (χ2n) is 8.07. The van der Waals surface area contributed by atoms with Gasteiger partial charge in [-0.2, -0.15) is 13.2 Å². The maximum Gasteiger partial charge on any atom is 0.433 e. The summed E-state index contributed by atoms with van der Waals surface area (Å²) in [4.78, 5) is 17.6. The molecule has 0 spiro atoms. The van der Waals surface area contributed by atoms with Gasteiger partial charge >= 0.3 is 6.18 Å². The molecular formula is C26H22F4N4O3S. The molecule has 0 bridgehead atoms. The summed E-state index contributed by atoms with van der Waals surface area (Å²) in [5.74, 6) is 0.623. The lowest BCUT2D eigenvalue weighted by molar-refractivity contribution is -0.141. The number of hydrogen-bond donors (Lipinski definition) is 2. The number of aromatic nitrogens is 1. The first-order valence-electron chi connectivity index (χ1n) is 10.9. The monoisotopic (exact) mass is 546 g/mol. The van der Waals surface area contributed by atoms with Crippen LogP contribution in [-0.2, 0) is 27.5 Å². The standard InChI is InChI=1S/C26H22F4N4O3S/c1-4-18-14-17(15-21(27)24(18)33-38(3,36)37)16-31-23(35)13-11-19-10-12-22(26(28,29)30)32-25(19)34(2)20-8-6-5-7-9-20/h1,5-15,33H,16H2,2-3H3,(H,31,35). The SMILES string of the molecule is C#Cc1cc(CNC(=O)C=Cc2ccc(C(F)(F)F)nc2N(C)c2ccccc2)cc(F)c1NS(C)(=O)=O. The molecule has 1 aromatic heterocycles. The number of nitrogens with zero attached hydrogens (tertiary/aromatic N) is 2. The minimum atomic E-state index is -4.66. The quantitative estimate of drug-likeness (QED) is 0.243. The summed E-state index contributed by atoms with van der Waals surface area (Å²) in [6.45, 7) is -0.157. The molecule has 198 valence electrons. The van der Waals surface area contributed by atoms with Crippen LogP contribution in [0.1, 0.15) is 22.4 Å². The van der Waals surface area contributed by atoms with E-state index in [0.717, 1.165) is 24.5 Å². The number of halogens is 4. The summed E-state index contributed by atoms with van der Waals surface area (Å²) in [5, 5.41) is 2.52. The lowest BCUT2D eigenvalue weighted by Gasteiger charge is -2.21. The number of hydrogen-bond acceptors (Lipinski definition) is 5. The van der Waals surface area contributed by atoms with Crippen LogP contribution < -0.4 is 14.9 Å². The highest BCUT2D eigenvalue weighted by Gasteiger charge is 2.33. The van der Waals surface area contributed by atoms with Gasteiger partial charge in [0.2, 0.25) is 15.9 Å². The number of rotatable bonds is 8. The van der Waals surface area contributed by atoms with Crippen LogP contribution >= 0.6 is 0 Å². The molecule has 0 saturated heterocycles. The molecule has 0 radical (unpaired) electrons. The molecule has 3 rings (SSSR count). The number of anilines is 3. The first kappa shape index (κ1) is 28.2. The van der Waals surface area contributed by atoms with Crippen LogP contribution in [0.15, 0.2) is 60.7 Å². The fraction of sp³-hybridized carbons (Fsp3) is 0.154. The van der Waals surface area contributed by atoms with Crippen LogP contribution in [0.25, 0.3) is 6.08 Å². The molecule has 7 nitrogen and oxygen atoms in total. The van der Waals surface area contributed by atoms with Crippen molar-refractivity contribution in [3.8, 4) is 12.3 Å². The van der Waals surface area contributed by atoms with E-state index in [2.05, 4.69) is 16.2 Å². The van der Waals surface area contributed by atoms with Gasteiger partial charge in [0.1, 0.15) is 17.3 Å². The average Bonchev–Trinajstić information content (AvgIpc) is 2.86. The van der Waals surface area contributed by atoms with Gasteiger partial charge in [-0.05, 0) is 48.0 Å². The summed E-state index contributed by atoms with van der Waals surface area (Å²) < 4.78 is 79.3. The van der Waals surface area contributed by atoms with Gasteiger partial charge in [0.25, 0.3) is 0 Å². The van der Waals surface area contributed by atoms with Crippen LogP contribution in [-0.4, -0.2) is 32.6 Å². The van der Waals surface area contributed by atoms with Gasteiger partial charge in [-0.1, -0.05) is 24.1 Å². The highest BCUT2D eigenvalue weighted by Crippen LogP contribution is 2.33. The first-order valence-corrected chi connectivity index (χ1v) is 12.8. The smallest absolute Gasteiger partial charge is 0.348 e. The molecular weight excluding hydrogens is 524 g/mol. The van der Waals surface area contributed by atoms with E-state index in [1.54, 1.807) is 37.4 Å². The number of sulfonamides is 1. The van der Waals surface area contributed by atoms with Gasteiger partial charge in [0.15, 0.2) is 0 Å². The predicted octanol–water partition coefficient (Wildman–Crippen LogP) is 4.69. The zero-order chi connectivity index (χ0) is 28.1.